The quantitative estimate of drug-likeness (QED) is 0.610. The van der Waals surface area contributed by atoms with Crippen molar-refractivity contribution in [2.24, 2.45) is 0 Å². The summed E-state index contributed by atoms with van der Waals surface area (Å²) in [7, 11) is 2.82. The first-order valence-corrected chi connectivity index (χ1v) is 5.06. The number of amides is 1. The molecule has 1 aromatic rings. The maximum Gasteiger partial charge on any atom is 0.414 e. The Hall–Kier alpha value is -2.71. The molecule has 102 valence electrons. The summed E-state index contributed by atoms with van der Waals surface area (Å²) in [4.78, 5) is 32.4. The summed E-state index contributed by atoms with van der Waals surface area (Å²) in [5.41, 5.74) is -0.924. The molecule has 9 heteroatoms. The maximum absolute atomic E-state index is 11.4. The molecule has 0 N–H and O–H groups in total. The minimum absolute atomic E-state index is 0.135. The Kier molecular flexibility index (Phi) is 4.00. The second kappa shape index (κ2) is 5.29. The van der Waals surface area contributed by atoms with Crippen LogP contribution in [0, 0.1) is 27.2 Å². The molecule has 0 aliphatic rings. The Morgan fingerprint density at radius 2 is 1.79 bits per heavy atom. The van der Waals surface area contributed by atoms with Crippen LogP contribution in [0.2, 0.25) is 0 Å². The average molecular weight is 269 g/mol. The fourth-order valence-electron chi connectivity index (χ4n) is 1.29. The highest BCUT2D eigenvalue weighted by Gasteiger charge is 2.26. The van der Waals surface area contributed by atoms with E-state index in [4.69, 9.17) is 4.74 Å². The third-order valence-corrected chi connectivity index (χ3v) is 2.20. The number of benzene rings is 1. The van der Waals surface area contributed by atoms with E-state index in [0.29, 0.717) is 0 Å². The zero-order valence-electron chi connectivity index (χ0n) is 10.4. The van der Waals surface area contributed by atoms with Crippen LogP contribution in [0.5, 0.6) is 5.75 Å². The molecule has 0 aliphatic carbocycles. The van der Waals surface area contributed by atoms with E-state index in [-0.39, 0.29) is 11.3 Å². The lowest BCUT2D eigenvalue weighted by atomic mass is 10.1. The van der Waals surface area contributed by atoms with Crippen molar-refractivity contribution in [3.63, 3.8) is 0 Å². The van der Waals surface area contributed by atoms with Crippen LogP contribution in [-0.4, -0.2) is 34.9 Å². The summed E-state index contributed by atoms with van der Waals surface area (Å²) in [5, 5.41) is 21.5. The number of nitro benzene ring substituents is 2. The second-order valence-electron chi connectivity index (χ2n) is 3.89. The van der Waals surface area contributed by atoms with Crippen molar-refractivity contribution in [1.29, 1.82) is 0 Å². The number of hydrogen-bond donors (Lipinski definition) is 0. The number of carbonyl (C=O) groups excluding carboxylic acids is 1. The fourth-order valence-corrected chi connectivity index (χ4v) is 1.29. The van der Waals surface area contributed by atoms with Crippen molar-refractivity contribution >= 4 is 17.5 Å². The molecule has 9 nitrogen and oxygen atoms in total. The number of rotatable bonds is 3. The Morgan fingerprint density at radius 1 is 1.21 bits per heavy atom. The van der Waals surface area contributed by atoms with Crippen LogP contribution >= 0.6 is 0 Å². The predicted octanol–water partition coefficient (Wildman–Crippen LogP) is 1.87. The fraction of sp³-hybridized carbons (Fsp3) is 0.300. The van der Waals surface area contributed by atoms with Gasteiger partial charge in [-0.3, -0.25) is 20.2 Å². The molecule has 1 rings (SSSR count). The van der Waals surface area contributed by atoms with Crippen LogP contribution in [0.15, 0.2) is 12.1 Å². The standard InChI is InChI=1S/C10H11N3O6/c1-6-4-7(12(15)16)5-8(13(17)18)9(6)19-10(14)11(2)3/h4-5H,1-3H3. The molecule has 0 spiro atoms. The van der Waals surface area contributed by atoms with Gasteiger partial charge in [0.1, 0.15) is 0 Å². The summed E-state index contributed by atoms with van der Waals surface area (Å²) < 4.78 is 4.86. The first kappa shape index (κ1) is 14.4. The van der Waals surface area contributed by atoms with E-state index in [1.165, 1.54) is 21.0 Å². The van der Waals surface area contributed by atoms with Crippen molar-refractivity contribution in [2.45, 2.75) is 6.92 Å². The Bertz CT molecular complexity index is 554. The normalized spacial score (nSPS) is 9.84. The highest BCUT2D eigenvalue weighted by atomic mass is 16.6. The summed E-state index contributed by atoms with van der Waals surface area (Å²) in [6, 6.07) is 1.86. The molecule has 1 amide bonds. The third kappa shape index (κ3) is 3.15. The third-order valence-electron chi connectivity index (χ3n) is 2.20. The summed E-state index contributed by atoms with van der Waals surface area (Å²) in [6.45, 7) is 1.39. The van der Waals surface area contributed by atoms with Crippen molar-refractivity contribution in [2.75, 3.05) is 14.1 Å². The minimum Gasteiger partial charge on any atom is -0.403 e. The molecule has 0 heterocycles. The van der Waals surface area contributed by atoms with Crippen molar-refractivity contribution in [3.8, 4) is 5.75 Å². The van der Waals surface area contributed by atoms with Gasteiger partial charge >= 0.3 is 11.8 Å². The van der Waals surface area contributed by atoms with Gasteiger partial charge in [-0.1, -0.05) is 0 Å². The van der Waals surface area contributed by atoms with Crippen LogP contribution in [0.1, 0.15) is 5.56 Å². The van der Waals surface area contributed by atoms with Gasteiger partial charge in [0, 0.05) is 25.7 Å². The van der Waals surface area contributed by atoms with Gasteiger partial charge in [0.2, 0.25) is 5.75 Å². The highest BCUT2D eigenvalue weighted by Crippen LogP contribution is 2.35. The van der Waals surface area contributed by atoms with Crippen LogP contribution in [0.4, 0.5) is 16.2 Å². The number of nitrogens with zero attached hydrogens (tertiary/aromatic N) is 3. The number of carbonyl (C=O) groups is 1. The number of nitro groups is 2. The number of aryl methyl sites for hydroxylation is 1. The smallest absolute Gasteiger partial charge is 0.403 e. The largest absolute Gasteiger partial charge is 0.414 e. The van der Waals surface area contributed by atoms with Crippen LogP contribution in [0.25, 0.3) is 0 Å². The summed E-state index contributed by atoms with van der Waals surface area (Å²) >= 11 is 0. The topological polar surface area (TPSA) is 116 Å². The van der Waals surface area contributed by atoms with E-state index in [2.05, 4.69) is 0 Å². The molecular weight excluding hydrogens is 258 g/mol. The van der Waals surface area contributed by atoms with Crippen LogP contribution in [-0.2, 0) is 0 Å². The van der Waals surface area contributed by atoms with Gasteiger partial charge in [-0.15, -0.1) is 0 Å². The van der Waals surface area contributed by atoms with E-state index in [1.54, 1.807) is 0 Å². The van der Waals surface area contributed by atoms with E-state index in [1.807, 2.05) is 0 Å². The van der Waals surface area contributed by atoms with E-state index in [9.17, 15) is 25.0 Å². The minimum atomic E-state index is -0.835. The number of hydrogen-bond acceptors (Lipinski definition) is 6. The SMILES string of the molecule is Cc1cc([N+](=O)[O-])cc([N+](=O)[O-])c1OC(=O)N(C)C. The van der Waals surface area contributed by atoms with Crippen molar-refractivity contribution in [3.05, 3.63) is 37.9 Å². The van der Waals surface area contributed by atoms with Gasteiger partial charge in [0.25, 0.3) is 5.69 Å². The zero-order chi connectivity index (χ0) is 14.7. The zero-order valence-corrected chi connectivity index (χ0v) is 10.4. The molecule has 1 aromatic carbocycles. The Morgan fingerprint density at radius 3 is 2.21 bits per heavy atom. The first-order chi connectivity index (χ1) is 8.73. The Labute approximate surface area is 107 Å². The molecule has 0 radical (unpaired) electrons. The lowest BCUT2D eigenvalue weighted by molar-refractivity contribution is -0.394. The Balaban J connectivity index is 3.34. The van der Waals surface area contributed by atoms with Gasteiger partial charge in [0.15, 0.2) is 0 Å². The van der Waals surface area contributed by atoms with Crippen LogP contribution in [0.3, 0.4) is 0 Å². The van der Waals surface area contributed by atoms with Crippen molar-refractivity contribution < 1.29 is 19.4 Å². The lowest BCUT2D eigenvalue weighted by Gasteiger charge is -2.12. The molecule has 0 bridgehead atoms. The number of ether oxygens (including phenoxy) is 1. The van der Waals surface area contributed by atoms with E-state index in [0.717, 1.165) is 17.0 Å². The summed E-state index contributed by atoms with van der Waals surface area (Å²) in [6.07, 6.45) is -0.806. The average Bonchev–Trinajstić information content (AvgIpc) is 2.30. The highest BCUT2D eigenvalue weighted by molar-refractivity contribution is 5.73. The second-order valence-corrected chi connectivity index (χ2v) is 3.89. The van der Waals surface area contributed by atoms with Crippen molar-refractivity contribution in [1.82, 2.24) is 4.90 Å². The molecule has 0 unspecified atom stereocenters. The molecular formula is C10H11N3O6. The first-order valence-electron chi connectivity index (χ1n) is 5.06. The molecule has 19 heavy (non-hydrogen) atoms. The predicted molar refractivity (Wildman–Crippen MR) is 64.2 cm³/mol. The van der Waals surface area contributed by atoms with Gasteiger partial charge in [-0.05, 0) is 6.92 Å². The van der Waals surface area contributed by atoms with E-state index >= 15 is 0 Å². The lowest BCUT2D eigenvalue weighted by Crippen LogP contribution is -2.25. The summed E-state index contributed by atoms with van der Waals surface area (Å²) in [5.74, 6) is -0.297. The van der Waals surface area contributed by atoms with Gasteiger partial charge in [-0.25, -0.2) is 4.79 Å². The number of non-ortho nitro benzene ring substituents is 1. The molecule has 0 aromatic heterocycles. The van der Waals surface area contributed by atoms with E-state index < -0.39 is 27.3 Å². The molecule has 0 atom stereocenters. The van der Waals surface area contributed by atoms with Gasteiger partial charge in [0.05, 0.1) is 15.9 Å². The van der Waals surface area contributed by atoms with Gasteiger partial charge < -0.3 is 9.64 Å². The monoisotopic (exact) mass is 269 g/mol. The molecule has 0 saturated heterocycles. The van der Waals surface area contributed by atoms with Gasteiger partial charge in [-0.2, -0.15) is 0 Å². The van der Waals surface area contributed by atoms with Crippen LogP contribution < -0.4 is 4.74 Å². The molecule has 0 saturated carbocycles. The maximum atomic E-state index is 11.4. The molecule has 0 fully saturated rings. The molecule has 0 aliphatic heterocycles.